The zero-order valence-electron chi connectivity index (χ0n) is 10.5. The molecule has 2 rings (SSSR count). The van der Waals surface area contributed by atoms with Gasteiger partial charge < -0.3 is 15.2 Å². The number of tetrazole rings is 1. The van der Waals surface area contributed by atoms with Gasteiger partial charge in [0.2, 0.25) is 0 Å². The van der Waals surface area contributed by atoms with Crippen molar-refractivity contribution >= 4 is 0 Å². The molecule has 0 radical (unpaired) electrons. The highest BCUT2D eigenvalue weighted by atomic mass is 16.5. The molecule has 0 aliphatic rings. The second kappa shape index (κ2) is 5.01. The van der Waals surface area contributed by atoms with E-state index in [9.17, 15) is 0 Å². The van der Waals surface area contributed by atoms with Gasteiger partial charge in [0.05, 0.1) is 25.9 Å². The molecular formula is C11H15N5O2. The van der Waals surface area contributed by atoms with Crippen LogP contribution in [-0.4, -0.2) is 34.4 Å². The number of hydrogen-bond donors (Lipinski definition) is 1. The van der Waals surface area contributed by atoms with Crippen molar-refractivity contribution in [2.24, 2.45) is 5.73 Å². The number of nitrogens with zero attached hydrogens (tertiary/aromatic N) is 4. The molecule has 1 atom stereocenters. The van der Waals surface area contributed by atoms with E-state index in [1.807, 2.05) is 13.0 Å². The van der Waals surface area contributed by atoms with Gasteiger partial charge in [0.25, 0.3) is 0 Å². The summed E-state index contributed by atoms with van der Waals surface area (Å²) in [7, 11) is 3.16. The summed E-state index contributed by atoms with van der Waals surface area (Å²) in [6, 6.07) is 5.17. The van der Waals surface area contributed by atoms with Crippen LogP contribution in [-0.2, 0) is 0 Å². The molecule has 0 aliphatic carbocycles. The van der Waals surface area contributed by atoms with Crippen LogP contribution < -0.4 is 15.2 Å². The van der Waals surface area contributed by atoms with E-state index in [2.05, 4.69) is 15.5 Å². The van der Waals surface area contributed by atoms with Gasteiger partial charge in [-0.25, -0.2) is 0 Å². The Labute approximate surface area is 104 Å². The summed E-state index contributed by atoms with van der Waals surface area (Å²) in [5.74, 6) is 1.85. The van der Waals surface area contributed by atoms with Gasteiger partial charge in [-0.05, 0) is 29.5 Å². The smallest absolute Gasteiger partial charge is 0.173 e. The van der Waals surface area contributed by atoms with Crippen molar-refractivity contribution in [1.29, 1.82) is 0 Å². The largest absolute Gasteiger partial charge is 0.493 e. The molecule has 7 nitrogen and oxygen atoms in total. The summed E-state index contributed by atoms with van der Waals surface area (Å²) in [5.41, 5.74) is 6.57. The van der Waals surface area contributed by atoms with Gasteiger partial charge in [0.1, 0.15) is 0 Å². The van der Waals surface area contributed by atoms with Gasteiger partial charge in [-0.3, -0.25) is 0 Å². The van der Waals surface area contributed by atoms with Crippen molar-refractivity contribution in [2.45, 2.75) is 13.0 Å². The summed E-state index contributed by atoms with van der Waals surface area (Å²) < 4.78 is 12.0. The standard InChI is InChI=1S/C11H15N5O2/c1-7(12)11-13-14-15-16(11)8-4-5-9(17-2)10(6-8)18-3/h4-7H,12H2,1-3H3. The summed E-state index contributed by atoms with van der Waals surface area (Å²) in [6.07, 6.45) is 0. The van der Waals surface area contributed by atoms with Crippen molar-refractivity contribution < 1.29 is 9.47 Å². The molecule has 0 aliphatic heterocycles. The summed E-state index contributed by atoms with van der Waals surface area (Å²) in [6.45, 7) is 1.82. The maximum atomic E-state index is 5.80. The lowest BCUT2D eigenvalue weighted by Gasteiger charge is -2.11. The summed E-state index contributed by atoms with van der Waals surface area (Å²) in [5, 5.41) is 11.4. The fraction of sp³-hybridized carbons (Fsp3) is 0.364. The van der Waals surface area contributed by atoms with E-state index in [0.717, 1.165) is 5.69 Å². The molecule has 2 aromatic rings. The lowest BCUT2D eigenvalue weighted by atomic mass is 10.2. The van der Waals surface area contributed by atoms with E-state index < -0.39 is 0 Å². The van der Waals surface area contributed by atoms with E-state index in [1.165, 1.54) is 0 Å². The number of nitrogens with two attached hydrogens (primary N) is 1. The first kappa shape index (κ1) is 12.3. The molecule has 1 heterocycles. The van der Waals surface area contributed by atoms with E-state index in [1.54, 1.807) is 31.0 Å². The molecule has 0 bridgehead atoms. The van der Waals surface area contributed by atoms with E-state index >= 15 is 0 Å². The van der Waals surface area contributed by atoms with Crippen LogP contribution in [0.5, 0.6) is 11.5 Å². The number of benzene rings is 1. The maximum Gasteiger partial charge on any atom is 0.173 e. The third kappa shape index (κ3) is 2.12. The quantitative estimate of drug-likeness (QED) is 0.858. The van der Waals surface area contributed by atoms with E-state index in [-0.39, 0.29) is 6.04 Å². The molecule has 96 valence electrons. The van der Waals surface area contributed by atoms with Gasteiger partial charge in [-0.2, -0.15) is 4.68 Å². The Morgan fingerprint density at radius 3 is 2.56 bits per heavy atom. The first-order chi connectivity index (χ1) is 8.67. The normalized spacial score (nSPS) is 12.2. The van der Waals surface area contributed by atoms with Crippen LogP contribution in [0.25, 0.3) is 5.69 Å². The number of aromatic nitrogens is 4. The van der Waals surface area contributed by atoms with Crippen LogP contribution in [0.2, 0.25) is 0 Å². The van der Waals surface area contributed by atoms with Gasteiger partial charge in [0, 0.05) is 6.07 Å². The van der Waals surface area contributed by atoms with Crippen LogP contribution in [0.4, 0.5) is 0 Å². The first-order valence-corrected chi connectivity index (χ1v) is 5.43. The monoisotopic (exact) mass is 249 g/mol. The Kier molecular flexibility index (Phi) is 3.42. The lowest BCUT2D eigenvalue weighted by molar-refractivity contribution is 0.354. The van der Waals surface area contributed by atoms with Crippen molar-refractivity contribution in [1.82, 2.24) is 20.2 Å². The SMILES string of the molecule is COc1ccc(-n2nnnc2C(C)N)cc1OC. The minimum absolute atomic E-state index is 0.256. The molecule has 0 spiro atoms. The van der Waals surface area contributed by atoms with Crippen molar-refractivity contribution in [3.63, 3.8) is 0 Å². The van der Waals surface area contributed by atoms with Gasteiger partial charge >= 0.3 is 0 Å². The van der Waals surface area contributed by atoms with Crippen LogP contribution in [0.3, 0.4) is 0 Å². The molecule has 0 saturated carbocycles. The number of rotatable bonds is 4. The van der Waals surface area contributed by atoms with E-state index in [4.69, 9.17) is 15.2 Å². The highest BCUT2D eigenvalue weighted by Gasteiger charge is 2.14. The van der Waals surface area contributed by atoms with Gasteiger partial charge in [0.15, 0.2) is 17.3 Å². The number of ether oxygens (including phenoxy) is 2. The van der Waals surface area contributed by atoms with Gasteiger partial charge in [-0.1, -0.05) is 0 Å². The zero-order valence-corrected chi connectivity index (χ0v) is 10.5. The predicted octanol–water partition coefficient (Wildman–Crippen LogP) is 0.699. The average Bonchev–Trinajstić information content (AvgIpc) is 2.87. The first-order valence-electron chi connectivity index (χ1n) is 5.43. The molecule has 18 heavy (non-hydrogen) atoms. The Hall–Kier alpha value is -2.15. The molecule has 1 unspecified atom stereocenters. The molecule has 1 aromatic heterocycles. The van der Waals surface area contributed by atoms with Crippen molar-refractivity contribution in [3.05, 3.63) is 24.0 Å². The Bertz CT molecular complexity index is 538. The third-order valence-electron chi connectivity index (χ3n) is 2.51. The number of hydrogen-bond acceptors (Lipinski definition) is 6. The summed E-state index contributed by atoms with van der Waals surface area (Å²) in [4.78, 5) is 0. The molecule has 7 heteroatoms. The van der Waals surface area contributed by atoms with Crippen LogP contribution in [0, 0.1) is 0 Å². The van der Waals surface area contributed by atoms with Crippen LogP contribution >= 0.6 is 0 Å². The highest BCUT2D eigenvalue weighted by Crippen LogP contribution is 2.29. The summed E-state index contributed by atoms with van der Waals surface area (Å²) >= 11 is 0. The topological polar surface area (TPSA) is 88.1 Å². The minimum atomic E-state index is -0.256. The van der Waals surface area contributed by atoms with Gasteiger partial charge in [-0.15, -0.1) is 5.10 Å². The Balaban J connectivity index is 2.48. The second-order valence-electron chi connectivity index (χ2n) is 3.78. The maximum absolute atomic E-state index is 5.80. The van der Waals surface area contributed by atoms with Crippen LogP contribution in [0.15, 0.2) is 18.2 Å². The third-order valence-corrected chi connectivity index (χ3v) is 2.51. The predicted molar refractivity (Wildman–Crippen MR) is 64.9 cm³/mol. The fourth-order valence-corrected chi connectivity index (χ4v) is 1.62. The Morgan fingerprint density at radius 1 is 1.22 bits per heavy atom. The zero-order chi connectivity index (χ0) is 13.1. The Morgan fingerprint density at radius 2 is 1.94 bits per heavy atom. The van der Waals surface area contributed by atoms with Crippen molar-refractivity contribution in [3.8, 4) is 17.2 Å². The molecule has 2 N–H and O–H groups in total. The average molecular weight is 249 g/mol. The highest BCUT2D eigenvalue weighted by molar-refractivity contribution is 5.48. The molecular weight excluding hydrogens is 234 g/mol. The van der Waals surface area contributed by atoms with E-state index in [0.29, 0.717) is 17.3 Å². The fourth-order valence-electron chi connectivity index (χ4n) is 1.62. The molecule has 0 fully saturated rings. The van der Waals surface area contributed by atoms with Crippen LogP contribution in [0.1, 0.15) is 18.8 Å². The molecule has 0 saturated heterocycles. The molecule has 0 amide bonds. The molecule has 1 aromatic carbocycles. The number of methoxy groups -OCH3 is 2. The minimum Gasteiger partial charge on any atom is -0.493 e. The second-order valence-corrected chi connectivity index (χ2v) is 3.78. The lowest BCUT2D eigenvalue weighted by Crippen LogP contribution is -2.13. The van der Waals surface area contributed by atoms with Crippen molar-refractivity contribution in [2.75, 3.05) is 14.2 Å².